The SMILES string of the molecule is COC(=O)C1=CC(N)=CC1. The van der Waals surface area contributed by atoms with Crippen molar-refractivity contribution in [3.8, 4) is 0 Å². The summed E-state index contributed by atoms with van der Waals surface area (Å²) < 4.78 is 4.49. The fourth-order valence-corrected chi connectivity index (χ4v) is 0.820. The van der Waals surface area contributed by atoms with Gasteiger partial charge in [0.15, 0.2) is 0 Å². The molecular weight excluding hydrogens is 130 g/mol. The van der Waals surface area contributed by atoms with Gasteiger partial charge in [-0.3, -0.25) is 0 Å². The zero-order chi connectivity index (χ0) is 7.56. The van der Waals surface area contributed by atoms with E-state index in [1.54, 1.807) is 12.2 Å². The van der Waals surface area contributed by atoms with E-state index < -0.39 is 0 Å². The van der Waals surface area contributed by atoms with Crippen LogP contribution in [0.1, 0.15) is 6.42 Å². The first-order chi connectivity index (χ1) is 4.74. The maximum absolute atomic E-state index is 10.8. The van der Waals surface area contributed by atoms with Crippen LogP contribution in [0.15, 0.2) is 23.4 Å². The largest absolute Gasteiger partial charge is 0.466 e. The zero-order valence-electron chi connectivity index (χ0n) is 5.76. The minimum absolute atomic E-state index is 0.295. The lowest BCUT2D eigenvalue weighted by Crippen LogP contribution is -2.02. The number of hydrogen-bond acceptors (Lipinski definition) is 3. The predicted molar refractivity (Wildman–Crippen MR) is 37.0 cm³/mol. The van der Waals surface area contributed by atoms with Gasteiger partial charge in [-0.15, -0.1) is 0 Å². The summed E-state index contributed by atoms with van der Waals surface area (Å²) in [6, 6.07) is 0. The van der Waals surface area contributed by atoms with Crippen LogP contribution in [-0.2, 0) is 9.53 Å². The number of allylic oxidation sites excluding steroid dienone is 2. The van der Waals surface area contributed by atoms with E-state index in [-0.39, 0.29) is 5.97 Å². The molecule has 0 aliphatic heterocycles. The van der Waals surface area contributed by atoms with Crippen molar-refractivity contribution >= 4 is 5.97 Å². The third kappa shape index (κ3) is 1.18. The molecule has 0 aromatic rings. The summed E-state index contributed by atoms with van der Waals surface area (Å²) in [4.78, 5) is 10.8. The fraction of sp³-hybridized carbons (Fsp3) is 0.286. The number of carbonyl (C=O) groups is 1. The molecule has 1 rings (SSSR count). The van der Waals surface area contributed by atoms with Crippen LogP contribution >= 0.6 is 0 Å². The summed E-state index contributed by atoms with van der Waals surface area (Å²) in [6.07, 6.45) is 4.01. The number of hydrogen-bond donors (Lipinski definition) is 1. The van der Waals surface area contributed by atoms with Crippen molar-refractivity contribution in [2.24, 2.45) is 5.73 Å². The molecule has 0 atom stereocenters. The number of carbonyl (C=O) groups excluding carboxylic acids is 1. The lowest BCUT2D eigenvalue weighted by molar-refractivity contribution is -0.136. The number of rotatable bonds is 1. The molecule has 1 aliphatic carbocycles. The van der Waals surface area contributed by atoms with Crippen LogP contribution in [0.4, 0.5) is 0 Å². The third-order valence-corrected chi connectivity index (χ3v) is 1.35. The van der Waals surface area contributed by atoms with Crippen molar-refractivity contribution in [2.75, 3.05) is 7.11 Å². The highest BCUT2D eigenvalue weighted by Gasteiger charge is 2.11. The zero-order valence-corrected chi connectivity index (χ0v) is 5.76. The number of esters is 1. The van der Waals surface area contributed by atoms with E-state index in [0.29, 0.717) is 17.7 Å². The summed E-state index contributed by atoms with van der Waals surface area (Å²) in [6.45, 7) is 0. The summed E-state index contributed by atoms with van der Waals surface area (Å²) in [5.74, 6) is -0.295. The van der Waals surface area contributed by atoms with E-state index in [1.165, 1.54) is 7.11 Å². The molecule has 0 aromatic carbocycles. The maximum atomic E-state index is 10.8. The smallest absolute Gasteiger partial charge is 0.334 e. The van der Waals surface area contributed by atoms with E-state index in [0.717, 1.165) is 0 Å². The highest BCUT2D eigenvalue weighted by Crippen LogP contribution is 2.14. The monoisotopic (exact) mass is 139 g/mol. The van der Waals surface area contributed by atoms with Gasteiger partial charge in [-0.05, 0) is 12.5 Å². The molecule has 0 aromatic heterocycles. The summed E-state index contributed by atoms with van der Waals surface area (Å²) >= 11 is 0. The van der Waals surface area contributed by atoms with Gasteiger partial charge in [0.05, 0.1) is 7.11 Å². The van der Waals surface area contributed by atoms with Gasteiger partial charge in [0.2, 0.25) is 0 Å². The van der Waals surface area contributed by atoms with Gasteiger partial charge < -0.3 is 10.5 Å². The Morgan fingerprint density at radius 1 is 1.80 bits per heavy atom. The van der Waals surface area contributed by atoms with Crippen molar-refractivity contribution < 1.29 is 9.53 Å². The quantitative estimate of drug-likeness (QED) is 0.533. The van der Waals surface area contributed by atoms with Crippen molar-refractivity contribution in [1.29, 1.82) is 0 Å². The van der Waals surface area contributed by atoms with Gasteiger partial charge >= 0.3 is 5.97 Å². The Balaban J connectivity index is 2.63. The van der Waals surface area contributed by atoms with Crippen LogP contribution in [0, 0.1) is 0 Å². The van der Waals surface area contributed by atoms with Crippen LogP contribution in [0.3, 0.4) is 0 Å². The molecule has 2 N–H and O–H groups in total. The van der Waals surface area contributed by atoms with Crippen LogP contribution in [0.2, 0.25) is 0 Å². The molecule has 0 bridgehead atoms. The van der Waals surface area contributed by atoms with Crippen LogP contribution < -0.4 is 5.73 Å². The van der Waals surface area contributed by atoms with E-state index in [2.05, 4.69) is 4.74 Å². The molecule has 10 heavy (non-hydrogen) atoms. The van der Waals surface area contributed by atoms with Gasteiger partial charge in [-0.2, -0.15) is 0 Å². The number of nitrogens with two attached hydrogens (primary N) is 1. The molecule has 0 saturated carbocycles. The molecule has 1 aliphatic rings. The van der Waals surface area contributed by atoms with Gasteiger partial charge in [-0.25, -0.2) is 4.79 Å². The van der Waals surface area contributed by atoms with Gasteiger partial charge in [-0.1, -0.05) is 6.08 Å². The maximum Gasteiger partial charge on any atom is 0.334 e. The minimum Gasteiger partial charge on any atom is -0.466 e. The molecule has 0 unspecified atom stereocenters. The Morgan fingerprint density at radius 2 is 2.50 bits per heavy atom. The summed E-state index contributed by atoms with van der Waals surface area (Å²) in [5, 5.41) is 0. The average Bonchev–Trinajstić information content (AvgIpc) is 2.34. The first kappa shape index (κ1) is 6.86. The standard InChI is InChI=1S/C7H9NO2/c1-10-7(9)5-2-3-6(8)4-5/h3-4H,2,8H2,1H3. The number of methoxy groups -OCH3 is 1. The summed E-state index contributed by atoms with van der Waals surface area (Å²) in [7, 11) is 1.36. The van der Waals surface area contributed by atoms with E-state index in [1.807, 2.05) is 0 Å². The Kier molecular flexibility index (Phi) is 1.76. The second kappa shape index (κ2) is 2.56. The van der Waals surface area contributed by atoms with E-state index in [9.17, 15) is 4.79 Å². The van der Waals surface area contributed by atoms with Gasteiger partial charge in [0.1, 0.15) is 0 Å². The Labute approximate surface area is 59.2 Å². The molecule has 0 radical (unpaired) electrons. The third-order valence-electron chi connectivity index (χ3n) is 1.35. The normalized spacial score (nSPS) is 16.1. The van der Waals surface area contributed by atoms with Crippen LogP contribution in [-0.4, -0.2) is 13.1 Å². The molecule has 3 heteroatoms. The van der Waals surface area contributed by atoms with E-state index >= 15 is 0 Å². The van der Waals surface area contributed by atoms with Crippen LogP contribution in [0.5, 0.6) is 0 Å². The number of ether oxygens (including phenoxy) is 1. The first-order valence-corrected chi connectivity index (χ1v) is 2.98. The molecule has 0 saturated heterocycles. The van der Waals surface area contributed by atoms with Crippen LogP contribution in [0.25, 0.3) is 0 Å². The first-order valence-electron chi connectivity index (χ1n) is 2.98. The van der Waals surface area contributed by atoms with Crippen molar-refractivity contribution in [1.82, 2.24) is 0 Å². The molecular formula is C7H9NO2. The predicted octanol–water partition coefficient (Wildman–Crippen LogP) is 0.332. The molecule has 54 valence electrons. The molecule has 0 spiro atoms. The molecule has 0 heterocycles. The highest BCUT2D eigenvalue weighted by molar-refractivity contribution is 5.90. The second-order valence-electron chi connectivity index (χ2n) is 2.07. The lowest BCUT2D eigenvalue weighted by Gasteiger charge is -1.95. The van der Waals surface area contributed by atoms with E-state index in [4.69, 9.17) is 5.73 Å². The Morgan fingerprint density at radius 3 is 2.90 bits per heavy atom. The average molecular weight is 139 g/mol. The minimum atomic E-state index is -0.295. The molecule has 0 amide bonds. The van der Waals surface area contributed by atoms with Crippen molar-refractivity contribution in [2.45, 2.75) is 6.42 Å². The Hall–Kier alpha value is -1.25. The second-order valence-corrected chi connectivity index (χ2v) is 2.07. The lowest BCUT2D eigenvalue weighted by atomic mass is 10.2. The van der Waals surface area contributed by atoms with Crippen molar-refractivity contribution in [3.63, 3.8) is 0 Å². The van der Waals surface area contributed by atoms with Gasteiger partial charge in [0.25, 0.3) is 0 Å². The van der Waals surface area contributed by atoms with Crippen molar-refractivity contribution in [3.05, 3.63) is 23.4 Å². The fourth-order valence-electron chi connectivity index (χ4n) is 0.820. The van der Waals surface area contributed by atoms with Gasteiger partial charge in [0, 0.05) is 11.3 Å². The molecule has 3 nitrogen and oxygen atoms in total. The molecule has 0 fully saturated rings. The highest BCUT2D eigenvalue weighted by atomic mass is 16.5. The topological polar surface area (TPSA) is 52.3 Å². The Bertz CT molecular complexity index is 216. The summed E-state index contributed by atoms with van der Waals surface area (Å²) in [5.41, 5.74) is 6.66.